The summed E-state index contributed by atoms with van der Waals surface area (Å²) in [5.41, 5.74) is 1.16. The van der Waals surface area contributed by atoms with Crippen LogP contribution in [0.4, 0.5) is 0 Å². The molecule has 6 heteroatoms. The quantitative estimate of drug-likeness (QED) is 0.598. The van der Waals surface area contributed by atoms with E-state index in [0.717, 1.165) is 42.8 Å². The number of hydrogen-bond acceptors (Lipinski definition) is 4. The van der Waals surface area contributed by atoms with Gasteiger partial charge in [0.15, 0.2) is 5.96 Å². The summed E-state index contributed by atoms with van der Waals surface area (Å²) in [6.45, 7) is 9.72. The van der Waals surface area contributed by atoms with Gasteiger partial charge in [0, 0.05) is 25.1 Å². The molecule has 1 atom stereocenters. The average molecular weight is 324 g/mol. The fourth-order valence-corrected chi connectivity index (χ4v) is 3.25. The van der Waals surface area contributed by atoms with E-state index in [1.165, 1.54) is 12.8 Å². The molecule has 1 aliphatic heterocycles. The normalized spacial score (nSPS) is 18.9. The molecule has 1 saturated heterocycles. The molecule has 1 aromatic heterocycles. The van der Waals surface area contributed by atoms with Gasteiger partial charge in [-0.3, -0.25) is 0 Å². The van der Waals surface area contributed by atoms with Crippen LogP contribution in [0.2, 0.25) is 0 Å². The second-order valence-corrected chi connectivity index (χ2v) is 6.81. The molecule has 2 N–H and O–H groups in total. The molecule has 0 spiro atoms. The number of nitrogens with one attached hydrogen (secondary N) is 2. The highest BCUT2D eigenvalue weighted by Crippen LogP contribution is 2.18. The maximum absolute atomic E-state index is 5.64. The summed E-state index contributed by atoms with van der Waals surface area (Å²) in [5.74, 6) is 1.34. The van der Waals surface area contributed by atoms with Gasteiger partial charge in [-0.25, -0.2) is 9.98 Å². The highest BCUT2D eigenvalue weighted by molar-refractivity contribution is 7.09. The molecule has 0 aliphatic carbocycles. The van der Waals surface area contributed by atoms with Crippen molar-refractivity contribution < 1.29 is 4.74 Å². The highest BCUT2D eigenvalue weighted by atomic mass is 32.1. The maximum atomic E-state index is 5.64. The van der Waals surface area contributed by atoms with E-state index in [1.54, 1.807) is 11.3 Å². The monoisotopic (exact) mass is 324 g/mol. The van der Waals surface area contributed by atoms with Crippen molar-refractivity contribution in [3.8, 4) is 0 Å². The van der Waals surface area contributed by atoms with Crippen LogP contribution < -0.4 is 10.6 Å². The van der Waals surface area contributed by atoms with Crippen LogP contribution >= 0.6 is 11.3 Å². The number of thiazole rings is 1. The van der Waals surface area contributed by atoms with Crippen molar-refractivity contribution in [2.24, 2.45) is 4.99 Å². The summed E-state index contributed by atoms with van der Waals surface area (Å²) in [6.07, 6.45) is 3.84. The molecule has 0 bridgehead atoms. The lowest BCUT2D eigenvalue weighted by atomic mass is 10.2. The van der Waals surface area contributed by atoms with E-state index in [0.29, 0.717) is 18.6 Å². The first-order valence-electron chi connectivity index (χ1n) is 8.27. The van der Waals surface area contributed by atoms with Gasteiger partial charge < -0.3 is 15.4 Å². The minimum Gasteiger partial charge on any atom is -0.378 e. The molecule has 1 aliphatic rings. The van der Waals surface area contributed by atoms with Gasteiger partial charge >= 0.3 is 0 Å². The summed E-state index contributed by atoms with van der Waals surface area (Å²) in [4.78, 5) is 9.24. The van der Waals surface area contributed by atoms with Crippen molar-refractivity contribution in [1.82, 2.24) is 15.6 Å². The van der Waals surface area contributed by atoms with Crippen molar-refractivity contribution in [2.75, 3.05) is 19.7 Å². The second-order valence-electron chi connectivity index (χ2n) is 5.87. The number of aliphatic imine (C=N–C) groups is 1. The molecular weight excluding hydrogens is 296 g/mol. The molecule has 1 aromatic rings. The van der Waals surface area contributed by atoms with Crippen molar-refractivity contribution in [3.05, 3.63) is 16.1 Å². The molecule has 1 unspecified atom stereocenters. The Hall–Kier alpha value is -1.14. The number of guanidine groups is 1. The summed E-state index contributed by atoms with van der Waals surface area (Å²) >= 11 is 1.69. The van der Waals surface area contributed by atoms with E-state index in [2.05, 4.69) is 46.8 Å². The number of rotatable bonds is 7. The van der Waals surface area contributed by atoms with Gasteiger partial charge in [-0.1, -0.05) is 13.8 Å². The van der Waals surface area contributed by atoms with E-state index in [9.17, 15) is 0 Å². The minimum atomic E-state index is 0.419. The first kappa shape index (κ1) is 17.2. The fraction of sp³-hybridized carbons (Fsp3) is 0.750. The third-order valence-corrected chi connectivity index (χ3v) is 4.51. The van der Waals surface area contributed by atoms with Crippen LogP contribution in [0.25, 0.3) is 0 Å². The lowest BCUT2D eigenvalue weighted by molar-refractivity contribution is 0.105. The summed E-state index contributed by atoms with van der Waals surface area (Å²) < 4.78 is 5.64. The van der Waals surface area contributed by atoms with Gasteiger partial charge in [-0.05, 0) is 32.1 Å². The largest absolute Gasteiger partial charge is 0.378 e. The molecule has 0 aromatic carbocycles. The van der Waals surface area contributed by atoms with Crippen LogP contribution in [0.5, 0.6) is 0 Å². The molecule has 22 heavy (non-hydrogen) atoms. The first-order valence-corrected chi connectivity index (χ1v) is 9.15. The maximum Gasteiger partial charge on any atom is 0.191 e. The molecule has 1 fully saturated rings. The Bertz CT molecular complexity index is 466. The molecule has 2 rings (SSSR count). The van der Waals surface area contributed by atoms with Crippen LogP contribution in [-0.2, 0) is 11.3 Å². The summed E-state index contributed by atoms with van der Waals surface area (Å²) in [5, 5.41) is 9.87. The highest BCUT2D eigenvalue weighted by Gasteiger charge is 2.14. The lowest BCUT2D eigenvalue weighted by Gasteiger charge is -2.13. The predicted octanol–water partition coefficient (Wildman–Crippen LogP) is 2.89. The number of ether oxygens (including phenoxy) is 1. The molecule has 0 amide bonds. The van der Waals surface area contributed by atoms with Gasteiger partial charge in [0.2, 0.25) is 0 Å². The Morgan fingerprint density at radius 3 is 3.00 bits per heavy atom. The van der Waals surface area contributed by atoms with Gasteiger partial charge in [0.05, 0.1) is 18.3 Å². The van der Waals surface area contributed by atoms with E-state index in [1.807, 2.05) is 0 Å². The molecule has 0 radical (unpaired) electrons. The second kappa shape index (κ2) is 9.10. The third-order valence-electron chi connectivity index (χ3n) is 3.66. The van der Waals surface area contributed by atoms with E-state index < -0.39 is 0 Å². The molecule has 2 heterocycles. The van der Waals surface area contributed by atoms with E-state index in [-0.39, 0.29) is 0 Å². The lowest BCUT2D eigenvalue weighted by Crippen LogP contribution is -2.38. The smallest absolute Gasteiger partial charge is 0.191 e. The predicted molar refractivity (Wildman–Crippen MR) is 92.6 cm³/mol. The topological polar surface area (TPSA) is 58.5 Å². The Morgan fingerprint density at radius 2 is 2.36 bits per heavy atom. The Morgan fingerprint density at radius 1 is 1.50 bits per heavy atom. The molecule has 124 valence electrons. The Kier molecular flexibility index (Phi) is 7.12. The standard InChI is InChI=1S/C16H28N4OS/c1-4-17-16(18-8-7-13-6-5-9-21-13)19-10-15-20-14(11-22-15)12(2)3/h11-13H,4-10H2,1-3H3,(H2,17,18,19). The van der Waals surface area contributed by atoms with Gasteiger partial charge in [0.1, 0.15) is 5.01 Å². The van der Waals surface area contributed by atoms with Crippen LogP contribution in [0.1, 0.15) is 56.7 Å². The molecular formula is C16H28N4OS. The molecule has 0 saturated carbocycles. The van der Waals surface area contributed by atoms with E-state index in [4.69, 9.17) is 4.74 Å². The van der Waals surface area contributed by atoms with Crippen molar-refractivity contribution >= 4 is 17.3 Å². The SMILES string of the molecule is CCNC(=NCc1nc(C(C)C)cs1)NCCC1CCCO1. The zero-order chi connectivity index (χ0) is 15.8. The van der Waals surface area contributed by atoms with Crippen LogP contribution in [-0.4, -0.2) is 36.7 Å². The molecule has 5 nitrogen and oxygen atoms in total. The van der Waals surface area contributed by atoms with Crippen molar-refractivity contribution in [3.63, 3.8) is 0 Å². The Labute approximate surface area is 137 Å². The zero-order valence-corrected chi connectivity index (χ0v) is 14.7. The third kappa shape index (κ3) is 5.57. The number of nitrogens with zero attached hydrogens (tertiary/aromatic N) is 2. The number of hydrogen-bond donors (Lipinski definition) is 2. The van der Waals surface area contributed by atoms with Gasteiger partial charge in [-0.2, -0.15) is 0 Å². The van der Waals surface area contributed by atoms with Crippen molar-refractivity contribution in [2.45, 2.75) is 58.6 Å². The fourth-order valence-electron chi connectivity index (χ4n) is 2.37. The Balaban J connectivity index is 1.80. The zero-order valence-electron chi connectivity index (χ0n) is 13.9. The number of aromatic nitrogens is 1. The summed E-state index contributed by atoms with van der Waals surface area (Å²) in [7, 11) is 0. The minimum absolute atomic E-state index is 0.419. The van der Waals surface area contributed by atoms with E-state index >= 15 is 0 Å². The van der Waals surface area contributed by atoms with Gasteiger partial charge in [0.25, 0.3) is 0 Å². The van der Waals surface area contributed by atoms with Gasteiger partial charge in [-0.15, -0.1) is 11.3 Å². The van der Waals surface area contributed by atoms with Crippen LogP contribution in [0, 0.1) is 0 Å². The van der Waals surface area contributed by atoms with Crippen LogP contribution in [0.3, 0.4) is 0 Å². The first-order chi connectivity index (χ1) is 10.7. The average Bonchev–Trinajstić information content (AvgIpc) is 3.16. The van der Waals surface area contributed by atoms with Crippen LogP contribution in [0.15, 0.2) is 10.4 Å². The summed E-state index contributed by atoms with van der Waals surface area (Å²) in [6, 6.07) is 0. The van der Waals surface area contributed by atoms with Crippen molar-refractivity contribution in [1.29, 1.82) is 0 Å².